The highest BCUT2D eigenvalue weighted by Gasteiger charge is 2.06. The molecule has 0 bridgehead atoms. The molecule has 2 aromatic carbocycles. The van der Waals surface area contributed by atoms with E-state index in [0.717, 1.165) is 22.7 Å². The summed E-state index contributed by atoms with van der Waals surface area (Å²) in [5, 5.41) is 3.26. The van der Waals surface area contributed by atoms with Gasteiger partial charge in [0.1, 0.15) is 17.3 Å². The summed E-state index contributed by atoms with van der Waals surface area (Å²) >= 11 is 0. The molecule has 132 valence electrons. The minimum atomic E-state index is 0.211. The van der Waals surface area contributed by atoms with Crippen LogP contribution in [0.5, 0.6) is 11.5 Å². The SMILES string of the molecule is Nc1nc(Nc2cccc(Oc3ccncc3)c2)cc(-c2ccccc2)n1. The number of nitrogen functional groups attached to an aromatic ring is 1. The van der Waals surface area contributed by atoms with Crippen LogP contribution in [-0.2, 0) is 0 Å². The molecule has 2 aromatic heterocycles. The van der Waals surface area contributed by atoms with Crippen LogP contribution >= 0.6 is 0 Å². The van der Waals surface area contributed by atoms with E-state index in [9.17, 15) is 0 Å². The van der Waals surface area contributed by atoms with E-state index in [4.69, 9.17) is 10.5 Å². The second-order valence-electron chi connectivity index (χ2n) is 5.80. The van der Waals surface area contributed by atoms with Crippen LogP contribution in [0, 0.1) is 0 Å². The Labute approximate surface area is 156 Å². The van der Waals surface area contributed by atoms with Gasteiger partial charge in [-0.05, 0) is 24.3 Å². The van der Waals surface area contributed by atoms with Crippen molar-refractivity contribution in [3.8, 4) is 22.8 Å². The first kappa shape index (κ1) is 16.5. The summed E-state index contributed by atoms with van der Waals surface area (Å²) in [5.74, 6) is 2.25. The van der Waals surface area contributed by atoms with E-state index in [1.54, 1.807) is 24.5 Å². The molecule has 0 spiro atoms. The summed E-state index contributed by atoms with van der Waals surface area (Å²) in [6, 6.07) is 22.9. The maximum Gasteiger partial charge on any atom is 0.222 e. The lowest BCUT2D eigenvalue weighted by atomic mass is 10.1. The third kappa shape index (κ3) is 4.19. The third-order valence-corrected chi connectivity index (χ3v) is 3.80. The van der Waals surface area contributed by atoms with Crippen molar-refractivity contribution in [3.05, 3.63) is 85.2 Å². The molecule has 0 unspecified atom stereocenters. The number of nitrogens with zero attached hydrogens (tertiary/aromatic N) is 3. The molecule has 27 heavy (non-hydrogen) atoms. The van der Waals surface area contributed by atoms with Gasteiger partial charge < -0.3 is 15.8 Å². The zero-order chi connectivity index (χ0) is 18.5. The average Bonchev–Trinajstić information content (AvgIpc) is 2.69. The zero-order valence-electron chi connectivity index (χ0n) is 14.4. The number of ether oxygens (including phenoxy) is 1. The maximum absolute atomic E-state index is 5.89. The number of benzene rings is 2. The number of hydrogen-bond donors (Lipinski definition) is 2. The van der Waals surface area contributed by atoms with Gasteiger partial charge in [0.2, 0.25) is 5.95 Å². The van der Waals surface area contributed by atoms with Crippen molar-refractivity contribution in [1.82, 2.24) is 15.0 Å². The van der Waals surface area contributed by atoms with Gasteiger partial charge in [-0.3, -0.25) is 4.98 Å². The van der Waals surface area contributed by atoms with E-state index >= 15 is 0 Å². The summed E-state index contributed by atoms with van der Waals surface area (Å²) in [7, 11) is 0. The molecule has 0 saturated carbocycles. The number of rotatable bonds is 5. The average molecular weight is 355 g/mol. The molecule has 2 heterocycles. The van der Waals surface area contributed by atoms with Crippen LogP contribution < -0.4 is 15.8 Å². The first-order chi connectivity index (χ1) is 13.3. The standard InChI is InChI=1S/C21H17N5O/c22-21-25-19(15-5-2-1-3-6-15)14-20(26-21)24-16-7-4-8-18(13-16)27-17-9-11-23-12-10-17/h1-14H,(H3,22,24,25,26). The van der Waals surface area contributed by atoms with E-state index in [1.807, 2.05) is 60.7 Å². The van der Waals surface area contributed by atoms with Gasteiger partial charge in [-0.15, -0.1) is 0 Å². The Hall–Kier alpha value is -3.93. The first-order valence-electron chi connectivity index (χ1n) is 8.41. The number of anilines is 3. The topological polar surface area (TPSA) is 86.0 Å². The van der Waals surface area contributed by atoms with Crippen molar-refractivity contribution in [2.45, 2.75) is 0 Å². The lowest BCUT2D eigenvalue weighted by Crippen LogP contribution is -2.01. The van der Waals surface area contributed by atoms with Gasteiger partial charge in [0.05, 0.1) is 5.69 Å². The summed E-state index contributed by atoms with van der Waals surface area (Å²) in [6.07, 6.45) is 3.37. The molecular weight excluding hydrogens is 338 g/mol. The molecular formula is C21H17N5O. The lowest BCUT2D eigenvalue weighted by molar-refractivity contribution is 0.482. The number of aromatic nitrogens is 3. The minimum Gasteiger partial charge on any atom is -0.457 e. The highest BCUT2D eigenvalue weighted by Crippen LogP contribution is 2.27. The van der Waals surface area contributed by atoms with Crippen molar-refractivity contribution < 1.29 is 4.74 Å². The largest absolute Gasteiger partial charge is 0.457 e. The molecule has 6 heteroatoms. The zero-order valence-corrected chi connectivity index (χ0v) is 14.4. The van der Waals surface area contributed by atoms with E-state index in [2.05, 4.69) is 20.3 Å². The van der Waals surface area contributed by atoms with Gasteiger partial charge in [-0.25, -0.2) is 4.98 Å². The Bertz CT molecular complexity index is 1040. The summed E-state index contributed by atoms with van der Waals surface area (Å²) in [5.41, 5.74) is 8.46. The second kappa shape index (κ2) is 7.53. The van der Waals surface area contributed by atoms with Gasteiger partial charge in [-0.2, -0.15) is 4.98 Å². The molecule has 0 aliphatic heterocycles. The first-order valence-corrected chi connectivity index (χ1v) is 8.41. The Morgan fingerprint density at radius 1 is 0.778 bits per heavy atom. The minimum absolute atomic E-state index is 0.211. The molecule has 4 rings (SSSR count). The van der Waals surface area contributed by atoms with Crippen LogP contribution in [0.25, 0.3) is 11.3 Å². The van der Waals surface area contributed by atoms with Gasteiger partial charge >= 0.3 is 0 Å². The molecule has 0 atom stereocenters. The Morgan fingerprint density at radius 3 is 2.41 bits per heavy atom. The third-order valence-electron chi connectivity index (χ3n) is 3.80. The highest BCUT2D eigenvalue weighted by atomic mass is 16.5. The molecule has 0 radical (unpaired) electrons. The fourth-order valence-electron chi connectivity index (χ4n) is 2.61. The fourth-order valence-corrected chi connectivity index (χ4v) is 2.61. The van der Waals surface area contributed by atoms with Crippen molar-refractivity contribution in [2.24, 2.45) is 0 Å². The van der Waals surface area contributed by atoms with E-state index in [0.29, 0.717) is 11.6 Å². The van der Waals surface area contributed by atoms with E-state index < -0.39 is 0 Å². The number of hydrogen-bond acceptors (Lipinski definition) is 6. The van der Waals surface area contributed by atoms with Crippen molar-refractivity contribution in [3.63, 3.8) is 0 Å². The second-order valence-corrected chi connectivity index (χ2v) is 5.80. The van der Waals surface area contributed by atoms with E-state index in [-0.39, 0.29) is 5.95 Å². The lowest BCUT2D eigenvalue weighted by Gasteiger charge is -2.10. The molecule has 3 N–H and O–H groups in total. The molecule has 0 fully saturated rings. The van der Waals surface area contributed by atoms with Gasteiger partial charge in [0.25, 0.3) is 0 Å². The molecule has 0 aliphatic carbocycles. The quantitative estimate of drug-likeness (QED) is 0.542. The van der Waals surface area contributed by atoms with Crippen LogP contribution in [0.1, 0.15) is 0 Å². The number of pyridine rings is 1. The van der Waals surface area contributed by atoms with E-state index in [1.165, 1.54) is 0 Å². The van der Waals surface area contributed by atoms with Gasteiger partial charge in [0.15, 0.2) is 0 Å². The Morgan fingerprint density at radius 2 is 1.59 bits per heavy atom. The van der Waals surface area contributed by atoms with Crippen molar-refractivity contribution in [2.75, 3.05) is 11.1 Å². The molecule has 6 nitrogen and oxygen atoms in total. The smallest absolute Gasteiger partial charge is 0.222 e. The van der Waals surface area contributed by atoms with Crippen molar-refractivity contribution >= 4 is 17.5 Å². The monoisotopic (exact) mass is 355 g/mol. The summed E-state index contributed by atoms with van der Waals surface area (Å²) < 4.78 is 5.84. The number of nitrogens with one attached hydrogen (secondary N) is 1. The van der Waals surface area contributed by atoms with Crippen LogP contribution in [-0.4, -0.2) is 15.0 Å². The Kier molecular flexibility index (Phi) is 4.61. The molecule has 0 aliphatic rings. The number of nitrogens with two attached hydrogens (primary N) is 1. The highest BCUT2D eigenvalue weighted by molar-refractivity contribution is 5.67. The maximum atomic E-state index is 5.89. The van der Waals surface area contributed by atoms with Crippen molar-refractivity contribution in [1.29, 1.82) is 0 Å². The van der Waals surface area contributed by atoms with Gasteiger partial charge in [0, 0.05) is 35.8 Å². The van der Waals surface area contributed by atoms with Crippen LogP contribution in [0.3, 0.4) is 0 Å². The fraction of sp³-hybridized carbons (Fsp3) is 0. The predicted octanol–water partition coefficient (Wildman–Crippen LogP) is 4.66. The summed E-state index contributed by atoms with van der Waals surface area (Å²) in [6.45, 7) is 0. The van der Waals surface area contributed by atoms with Crippen LogP contribution in [0.2, 0.25) is 0 Å². The summed E-state index contributed by atoms with van der Waals surface area (Å²) in [4.78, 5) is 12.6. The predicted molar refractivity (Wildman–Crippen MR) is 106 cm³/mol. The molecule has 4 aromatic rings. The Balaban J connectivity index is 1.57. The van der Waals surface area contributed by atoms with Gasteiger partial charge in [-0.1, -0.05) is 36.4 Å². The molecule has 0 amide bonds. The van der Waals surface area contributed by atoms with Crippen LogP contribution in [0.4, 0.5) is 17.5 Å². The van der Waals surface area contributed by atoms with Crippen LogP contribution in [0.15, 0.2) is 85.2 Å². The normalized spacial score (nSPS) is 10.4. The molecule has 0 saturated heterocycles.